The fourth-order valence-electron chi connectivity index (χ4n) is 4.14. The van der Waals surface area contributed by atoms with Gasteiger partial charge in [0.2, 0.25) is 0 Å². The van der Waals surface area contributed by atoms with Crippen molar-refractivity contribution < 1.29 is 4.74 Å². The van der Waals surface area contributed by atoms with Gasteiger partial charge in [-0.15, -0.1) is 0 Å². The molecule has 1 aliphatic carbocycles. The minimum absolute atomic E-state index is 0.224. The number of ether oxygens (including phenoxy) is 1. The number of nitrogens with one attached hydrogen (secondary N) is 2. The molecule has 1 aromatic heterocycles. The number of guanidine groups is 1. The van der Waals surface area contributed by atoms with Gasteiger partial charge in [0.15, 0.2) is 5.96 Å². The smallest absolute Gasteiger partial charge is 0.191 e. The fourth-order valence-corrected chi connectivity index (χ4v) is 4.14. The molecular formula is C20H37N5O. The molecule has 0 spiro atoms. The summed E-state index contributed by atoms with van der Waals surface area (Å²) in [6.07, 6.45) is 9.75. The van der Waals surface area contributed by atoms with Crippen molar-refractivity contribution in [2.45, 2.75) is 71.9 Å². The van der Waals surface area contributed by atoms with Gasteiger partial charge >= 0.3 is 0 Å². The molecule has 1 fully saturated rings. The van der Waals surface area contributed by atoms with Crippen LogP contribution in [0.2, 0.25) is 0 Å². The summed E-state index contributed by atoms with van der Waals surface area (Å²) >= 11 is 0. The van der Waals surface area contributed by atoms with Crippen LogP contribution < -0.4 is 10.6 Å². The van der Waals surface area contributed by atoms with E-state index < -0.39 is 0 Å². The molecule has 6 nitrogen and oxygen atoms in total. The van der Waals surface area contributed by atoms with Gasteiger partial charge in [0.05, 0.1) is 12.3 Å². The van der Waals surface area contributed by atoms with Crippen LogP contribution in [0.4, 0.5) is 0 Å². The summed E-state index contributed by atoms with van der Waals surface area (Å²) in [5.74, 6) is 0.935. The number of rotatable bonds is 10. The molecule has 1 aromatic rings. The van der Waals surface area contributed by atoms with Gasteiger partial charge in [-0.25, -0.2) is 0 Å². The lowest BCUT2D eigenvalue weighted by atomic mass is 9.58. The van der Waals surface area contributed by atoms with E-state index in [9.17, 15) is 0 Å². The van der Waals surface area contributed by atoms with Crippen LogP contribution in [0.15, 0.2) is 17.4 Å². The van der Waals surface area contributed by atoms with E-state index in [4.69, 9.17) is 9.73 Å². The summed E-state index contributed by atoms with van der Waals surface area (Å²) in [4.78, 5) is 4.79. The minimum atomic E-state index is 0.224. The average molecular weight is 364 g/mol. The monoisotopic (exact) mass is 363 g/mol. The molecule has 148 valence electrons. The molecule has 1 saturated carbocycles. The second kappa shape index (κ2) is 9.95. The Kier molecular flexibility index (Phi) is 7.94. The average Bonchev–Trinajstić information content (AvgIpc) is 3.04. The van der Waals surface area contributed by atoms with Crippen molar-refractivity contribution in [1.82, 2.24) is 20.4 Å². The zero-order chi connectivity index (χ0) is 19.0. The van der Waals surface area contributed by atoms with Crippen LogP contribution >= 0.6 is 0 Å². The van der Waals surface area contributed by atoms with Crippen molar-refractivity contribution in [2.75, 3.05) is 19.7 Å². The predicted octanol–water partition coefficient (Wildman–Crippen LogP) is 2.89. The van der Waals surface area contributed by atoms with E-state index in [1.807, 2.05) is 17.9 Å². The Morgan fingerprint density at radius 1 is 1.35 bits per heavy atom. The number of aromatic nitrogens is 2. The van der Waals surface area contributed by atoms with Crippen molar-refractivity contribution >= 4 is 5.96 Å². The zero-order valence-electron chi connectivity index (χ0n) is 17.2. The summed E-state index contributed by atoms with van der Waals surface area (Å²) in [5, 5.41) is 11.3. The molecule has 0 saturated heterocycles. The molecule has 0 radical (unpaired) electrons. The second-order valence-corrected chi connectivity index (χ2v) is 7.20. The van der Waals surface area contributed by atoms with Crippen LogP contribution in [0.3, 0.4) is 0 Å². The zero-order valence-corrected chi connectivity index (χ0v) is 17.2. The van der Waals surface area contributed by atoms with Crippen LogP contribution in [0.5, 0.6) is 0 Å². The van der Waals surface area contributed by atoms with Gasteiger partial charge in [0, 0.05) is 44.4 Å². The normalized spacial score (nSPS) is 22.1. The number of aryl methyl sites for hydroxylation is 2. The third-order valence-corrected chi connectivity index (χ3v) is 5.78. The predicted molar refractivity (Wildman–Crippen MR) is 107 cm³/mol. The molecule has 2 atom stereocenters. The van der Waals surface area contributed by atoms with E-state index in [2.05, 4.69) is 49.6 Å². The first-order valence-corrected chi connectivity index (χ1v) is 10.2. The topological polar surface area (TPSA) is 63.5 Å². The largest absolute Gasteiger partial charge is 0.378 e. The van der Waals surface area contributed by atoms with Gasteiger partial charge < -0.3 is 15.4 Å². The van der Waals surface area contributed by atoms with Crippen molar-refractivity contribution in [3.63, 3.8) is 0 Å². The Hall–Kier alpha value is -1.56. The maximum Gasteiger partial charge on any atom is 0.191 e. The summed E-state index contributed by atoms with van der Waals surface area (Å²) in [6, 6.07) is 0.435. The maximum atomic E-state index is 5.99. The molecular weight excluding hydrogens is 326 g/mol. The lowest BCUT2D eigenvalue weighted by Gasteiger charge is -2.55. The van der Waals surface area contributed by atoms with Gasteiger partial charge in [-0.1, -0.05) is 13.8 Å². The molecule has 0 bridgehead atoms. The fraction of sp³-hybridized carbons (Fsp3) is 0.800. The SMILES string of the molecule is CCNC(=NCCCc1cnn(C)c1)NC1CC(OCC)C1(CC)CC. The number of hydrogen-bond acceptors (Lipinski definition) is 3. The van der Waals surface area contributed by atoms with Crippen molar-refractivity contribution in [3.05, 3.63) is 18.0 Å². The van der Waals surface area contributed by atoms with Crippen LogP contribution in [0.1, 0.15) is 58.9 Å². The van der Waals surface area contributed by atoms with Gasteiger partial charge in [-0.2, -0.15) is 5.10 Å². The van der Waals surface area contributed by atoms with E-state index >= 15 is 0 Å². The molecule has 6 heteroatoms. The molecule has 1 aliphatic rings. The Labute approximate surface area is 158 Å². The van der Waals surface area contributed by atoms with Crippen LogP contribution in [0, 0.1) is 5.41 Å². The molecule has 2 N–H and O–H groups in total. The first kappa shape index (κ1) is 20.7. The summed E-state index contributed by atoms with van der Waals surface area (Å²) in [6.45, 7) is 11.2. The van der Waals surface area contributed by atoms with Crippen molar-refractivity contribution in [2.24, 2.45) is 17.5 Å². The number of hydrogen-bond donors (Lipinski definition) is 2. The van der Waals surface area contributed by atoms with E-state index in [1.54, 1.807) is 0 Å². The highest BCUT2D eigenvalue weighted by molar-refractivity contribution is 5.80. The summed E-state index contributed by atoms with van der Waals surface area (Å²) in [5.41, 5.74) is 1.50. The highest BCUT2D eigenvalue weighted by Crippen LogP contribution is 2.48. The Balaban J connectivity index is 1.89. The molecule has 0 aliphatic heterocycles. The number of aliphatic imine (C=N–C) groups is 1. The number of nitrogens with zero attached hydrogens (tertiary/aromatic N) is 3. The van der Waals surface area contributed by atoms with Crippen molar-refractivity contribution in [1.29, 1.82) is 0 Å². The summed E-state index contributed by atoms with van der Waals surface area (Å²) in [7, 11) is 1.96. The van der Waals surface area contributed by atoms with E-state index in [1.165, 1.54) is 5.56 Å². The quantitative estimate of drug-likeness (QED) is 0.381. The van der Waals surface area contributed by atoms with Gasteiger partial charge in [-0.05, 0) is 51.5 Å². The maximum absolute atomic E-state index is 5.99. The third kappa shape index (κ3) is 4.78. The lowest BCUT2D eigenvalue weighted by molar-refractivity contribution is -0.133. The Morgan fingerprint density at radius 3 is 2.69 bits per heavy atom. The van der Waals surface area contributed by atoms with Gasteiger partial charge in [0.1, 0.15) is 0 Å². The molecule has 0 aromatic carbocycles. The highest BCUT2D eigenvalue weighted by Gasteiger charge is 2.53. The minimum Gasteiger partial charge on any atom is -0.378 e. The summed E-state index contributed by atoms with van der Waals surface area (Å²) < 4.78 is 7.84. The van der Waals surface area contributed by atoms with E-state index in [0.29, 0.717) is 12.1 Å². The van der Waals surface area contributed by atoms with E-state index in [0.717, 1.165) is 57.8 Å². The van der Waals surface area contributed by atoms with E-state index in [-0.39, 0.29) is 5.41 Å². The van der Waals surface area contributed by atoms with Crippen LogP contribution in [-0.4, -0.2) is 47.6 Å². The lowest BCUT2D eigenvalue weighted by Crippen LogP contribution is -2.65. The third-order valence-electron chi connectivity index (χ3n) is 5.78. The molecule has 26 heavy (non-hydrogen) atoms. The van der Waals surface area contributed by atoms with Crippen molar-refractivity contribution in [3.8, 4) is 0 Å². The standard InChI is InChI=1S/C20H37N5O/c1-6-20(7-2)17(13-18(20)26-9-4)24-19(21-8-3)22-12-10-11-16-14-23-25(5)15-16/h14-15,17-18H,6-13H2,1-5H3,(H2,21,22,24). The molecule has 2 rings (SSSR count). The van der Waals surface area contributed by atoms with Gasteiger partial charge in [0.25, 0.3) is 0 Å². The van der Waals surface area contributed by atoms with Crippen LogP contribution in [-0.2, 0) is 18.2 Å². The Morgan fingerprint density at radius 2 is 2.12 bits per heavy atom. The first-order chi connectivity index (χ1) is 12.6. The molecule has 0 amide bonds. The second-order valence-electron chi connectivity index (χ2n) is 7.20. The van der Waals surface area contributed by atoms with Crippen LogP contribution in [0.25, 0.3) is 0 Å². The Bertz CT molecular complexity index is 564. The molecule has 1 heterocycles. The molecule has 2 unspecified atom stereocenters. The van der Waals surface area contributed by atoms with Gasteiger partial charge in [-0.3, -0.25) is 9.67 Å². The first-order valence-electron chi connectivity index (χ1n) is 10.2. The highest BCUT2D eigenvalue weighted by atomic mass is 16.5.